The second kappa shape index (κ2) is 10.0. The van der Waals surface area contributed by atoms with Crippen molar-refractivity contribution in [2.45, 2.75) is 24.8 Å². The Hall–Kier alpha value is -4.39. The Morgan fingerprint density at radius 3 is 2.68 bits per heavy atom. The number of rotatable bonds is 9. The number of carbonyl (C=O) groups excluding carboxylic acids is 2. The lowest BCUT2D eigenvalue weighted by Gasteiger charge is -2.48. The Labute approximate surface area is 196 Å². The molecule has 2 aromatic heterocycles. The van der Waals surface area contributed by atoms with Gasteiger partial charge in [0.2, 0.25) is 0 Å². The molecule has 0 aliphatic carbocycles. The number of aromatic nitrogens is 3. The molecule has 1 saturated heterocycles. The predicted octanol–water partition coefficient (Wildman–Crippen LogP) is 2.81. The van der Waals surface area contributed by atoms with Gasteiger partial charge in [-0.3, -0.25) is 14.5 Å². The second-order valence-electron chi connectivity index (χ2n) is 8.19. The quantitative estimate of drug-likeness (QED) is 0.469. The lowest BCUT2D eigenvalue weighted by molar-refractivity contribution is -0.000225. The van der Waals surface area contributed by atoms with Crippen molar-refractivity contribution in [1.82, 2.24) is 19.7 Å². The first-order chi connectivity index (χ1) is 16.5. The molecule has 3 aromatic rings. The normalized spacial score (nSPS) is 14.0. The first kappa shape index (κ1) is 22.8. The van der Waals surface area contributed by atoms with Gasteiger partial charge in [0.05, 0.1) is 32.2 Å². The summed E-state index contributed by atoms with van der Waals surface area (Å²) in [4.78, 5) is 30.1. The van der Waals surface area contributed by atoms with E-state index in [0.29, 0.717) is 12.2 Å². The summed E-state index contributed by atoms with van der Waals surface area (Å²) in [5.74, 6) is -0.339. The summed E-state index contributed by atoms with van der Waals surface area (Å²) >= 11 is 0. The number of nitriles is 1. The molecule has 0 spiro atoms. The minimum absolute atomic E-state index is 0.114. The molecular formula is C24H25N7O3. The van der Waals surface area contributed by atoms with E-state index in [1.165, 1.54) is 11.1 Å². The smallest absolute Gasteiger partial charge is 0.409 e. The molecule has 1 aliphatic heterocycles. The van der Waals surface area contributed by atoms with Gasteiger partial charge in [-0.25, -0.2) is 4.79 Å². The van der Waals surface area contributed by atoms with Crippen LogP contribution in [0.1, 0.15) is 28.8 Å². The third-order valence-corrected chi connectivity index (χ3v) is 5.70. The Bertz CT molecular complexity index is 1180. The van der Waals surface area contributed by atoms with Gasteiger partial charge in [0.15, 0.2) is 5.82 Å². The highest BCUT2D eigenvalue weighted by Crippen LogP contribution is 2.34. The van der Waals surface area contributed by atoms with Gasteiger partial charge >= 0.3 is 6.09 Å². The van der Waals surface area contributed by atoms with E-state index in [0.717, 1.165) is 17.7 Å². The summed E-state index contributed by atoms with van der Waals surface area (Å²) in [6.07, 6.45) is 6.16. The summed E-state index contributed by atoms with van der Waals surface area (Å²) in [5.41, 5.74) is 6.83. The van der Waals surface area contributed by atoms with Gasteiger partial charge in [0.25, 0.3) is 5.91 Å². The van der Waals surface area contributed by atoms with Crippen LogP contribution < -0.4 is 11.1 Å². The van der Waals surface area contributed by atoms with Crippen LogP contribution in [0.15, 0.2) is 61.1 Å². The maximum Gasteiger partial charge on any atom is 0.409 e. The van der Waals surface area contributed by atoms with Gasteiger partial charge in [0, 0.05) is 24.3 Å². The minimum Gasteiger partial charge on any atom is -0.449 e. The number of benzene rings is 1. The number of para-hydroxylation sites is 1. The predicted molar refractivity (Wildman–Crippen MR) is 124 cm³/mol. The fraction of sp³-hybridized carbons (Fsp3) is 0.292. The monoisotopic (exact) mass is 459 g/mol. The van der Waals surface area contributed by atoms with E-state index in [9.17, 15) is 14.9 Å². The Morgan fingerprint density at radius 1 is 1.21 bits per heavy atom. The van der Waals surface area contributed by atoms with Crippen LogP contribution in [-0.2, 0) is 16.7 Å². The molecule has 3 heterocycles. The van der Waals surface area contributed by atoms with E-state index in [1.807, 2.05) is 42.5 Å². The highest BCUT2D eigenvalue weighted by Gasteiger charge is 2.48. The van der Waals surface area contributed by atoms with Crippen LogP contribution >= 0.6 is 0 Å². The van der Waals surface area contributed by atoms with E-state index < -0.39 is 17.5 Å². The van der Waals surface area contributed by atoms with Crippen LogP contribution in [0.2, 0.25) is 0 Å². The van der Waals surface area contributed by atoms with Crippen LogP contribution in [-0.4, -0.2) is 51.4 Å². The van der Waals surface area contributed by atoms with Gasteiger partial charge in [0.1, 0.15) is 11.1 Å². The van der Waals surface area contributed by atoms with E-state index in [4.69, 9.17) is 10.5 Å². The van der Waals surface area contributed by atoms with Crippen molar-refractivity contribution in [3.05, 3.63) is 72.2 Å². The van der Waals surface area contributed by atoms with Crippen LogP contribution in [0, 0.1) is 11.3 Å². The van der Waals surface area contributed by atoms with Crippen molar-refractivity contribution in [3.63, 3.8) is 0 Å². The van der Waals surface area contributed by atoms with Crippen molar-refractivity contribution in [1.29, 1.82) is 5.26 Å². The van der Waals surface area contributed by atoms with E-state index >= 15 is 0 Å². The standard InChI is InChI=1S/C24H25N7O3/c25-11-10-24(16-30(17-24)23(33)34-13-5-7-18-6-4-12-27-14-18)31-15-20(21(26)32)22(29-31)28-19-8-2-1-3-9-19/h1-4,6,8-9,12,14-15H,5,7,10,13,16-17H2,(H2,26,32)(H,28,29). The molecule has 10 heteroatoms. The third kappa shape index (κ3) is 4.99. The first-order valence-electron chi connectivity index (χ1n) is 10.9. The Morgan fingerprint density at radius 2 is 2.00 bits per heavy atom. The molecular weight excluding hydrogens is 434 g/mol. The summed E-state index contributed by atoms with van der Waals surface area (Å²) in [6.45, 7) is 0.771. The molecule has 0 saturated carbocycles. The van der Waals surface area contributed by atoms with Crippen LogP contribution in [0.25, 0.3) is 0 Å². The second-order valence-corrected chi connectivity index (χ2v) is 8.19. The van der Waals surface area contributed by atoms with Crippen LogP contribution in [0.3, 0.4) is 0 Å². The molecule has 0 bridgehead atoms. The molecule has 3 N–H and O–H groups in total. The minimum atomic E-state index is -0.760. The summed E-state index contributed by atoms with van der Waals surface area (Å²) in [7, 11) is 0. The van der Waals surface area contributed by atoms with Gasteiger partial charge < -0.3 is 20.7 Å². The number of likely N-dealkylation sites (tertiary alicyclic amines) is 1. The van der Waals surface area contributed by atoms with Gasteiger partial charge in [-0.1, -0.05) is 24.3 Å². The SMILES string of the molecule is N#CCC1(n2cc(C(N)=O)c(Nc3ccccc3)n2)CN(C(=O)OCCCc2cccnc2)C1. The summed E-state index contributed by atoms with van der Waals surface area (Å²) in [6, 6.07) is 15.3. The van der Waals surface area contributed by atoms with Crippen molar-refractivity contribution < 1.29 is 14.3 Å². The number of aryl methyl sites for hydroxylation is 1. The molecule has 0 radical (unpaired) electrons. The van der Waals surface area contributed by atoms with Gasteiger partial charge in [-0.15, -0.1) is 0 Å². The molecule has 0 atom stereocenters. The number of anilines is 2. The Balaban J connectivity index is 1.39. The number of hydrogen-bond acceptors (Lipinski definition) is 7. The van der Waals surface area contributed by atoms with Gasteiger partial charge in [-0.2, -0.15) is 10.4 Å². The fourth-order valence-electron chi connectivity index (χ4n) is 3.90. The number of primary amides is 1. The average molecular weight is 460 g/mol. The molecule has 174 valence electrons. The highest BCUT2D eigenvalue weighted by atomic mass is 16.6. The zero-order valence-electron chi connectivity index (χ0n) is 18.6. The maximum absolute atomic E-state index is 12.5. The molecule has 1 aliphatic rings. The molecule has 0 unspecified atom stereocenters. The van der Waals surface area contributed by atoms with Gasteiger partial charge in [-0.05, 0) is 36.6 Å². The van der Waals surface area contributed by atoms with Crippen LogP contribution in [0.5, 0.6) is 0 Å². The highest BCUT2D eigenvalue weighted by molar-refractivity contribution is 5.98. The van der Waals surface area contributed by atoms with Crippen molar-refractivity contribution >= 4 is 23.5 Å². The number of nitrogens with one attached hydrogen (secondary N) is 1. The molecule has 10 nitrogen and oxygen atoms in total. The largest absolute Gasteiger partial charge is 0.449 e. The molecule has 1 fully saturated rings. The number of hydrogen-bond donors (Lipinski definition) is 2. The van der Waals surface area contributed by atoms with E-state index in [2.05, 4.69) is 21.5 Å². The summed E-state index contributed by atoms with van der Waals surface area (Å²) in [5, 5.41) is 17.0. The number of nitrogens with zero attached hydrogens (tertiary/aromatic N) is 5. The van der Waals surface area contributed by atoms with Crippen molar-refractivity contribution in [2.24, 2.45) is 5.73 Å². The lowest BCUT2D eigenvalue weighted by atomic mass is 9.87. The molecule has 34 heavy (non-hydrogen) atoms. The number of nitrogens with two attached hydrogens (primary N) is 1. The number of amides is 2. The Kier molecular flexibility index (Phi) is 6.73. The number of ether oxygens (including phenoxy) is 1. The molecule has 4 rings (SSSR count). The van der Waals surface area contributed by atoms with E-state index in [-0.39, 0.29) is 31.7 Å². The molecule has 1 aromatic carbocycles. The number of carbonyl (C=O) groups is 2. The summed E-state index contributed by atoms with van der Waals surface area (Å²) < 4.78 is 6.95. The van der Waals surface area contributed by atoms with Crippen molar-refractivity contribution in [2.75, 3.05) is 25.0 Å². The third-order valence-electron chi connectivity index (χ3n) is 5.70. The first-order valence-corrected chi connectivity index (χ1v) is 10.9. The lowest BCUT2D eigenvalue weighted by Crippen LogP contribution is -2.64. The topological polar surface area (TPSA) is 139 Å². The van der Waals surface area contributed by atoms with Crippen molar-refractivity contribution in [3.8, 4) is 6.07 Å². The fourth-order valence-corrected chi connectivity index (χ4v) is 3.90. The molecule has 2 amide bonds. The van der Waals surface area contributed by atoms with E-state index in [1.54, 1.807) is 17.1 Å². The number of pyridine rings is 1. The van der Waals surface area contributed by atoms with Crippen LogP contribution in [0.4, 0.5) is 16.3 Å². The maximum atomic E-state index is 12.5. The zero-order chi connectivity index (χ0) is 24.0. The zero-order valence-corrected chi connectivity index (χ0v) is 18.6. The average Bonchev–Trinajstić information content (AvgIpc) is 3.24.